The first-order valence-electron chi connectivity index (χ1n) is 12.3. The smallest absolute Gasteiger partial charge is 0.414 e. The first-order chi connectivity index (χ1) is 18.0. The van der Waals surface area contributed by atoms with Gasteiger partial charge in [0.2, 0.25) is 0 Å². The van der Waals surface area contributed by atoms with Gasteiger partial charge in [0, 0.05) is 45.5 Å². The fourth-order valence-corrected chi connectivity index (χ4v) is 4.61. The Kier molecular flexibility index (Phi) is 14.5. The average Bonchev–Trinajstić information content (AvgIpc) is 2.92. The molecule has 0 bridgehead atoms. The number of nitrogens with zero attached hydrogens (tertiary/aromatic N) is 3. The molecule has 0 saturated heterocycles. The van der Waals surface area contributed by atoms with Crippen LogP contribution in [-0.4, -0.2) is 105 Å². The standard InChI is InChI=1S/C24H36N4O3S.C2H2O4/c1-4-27(5-2)17-16-25-24(29)28(19-18-26(3)22-12-8-6-9-13-22)20-21-32(30,31)23-14-10-7-11-15-23;3-1(4)2(5)6/h6-15H,4-5,16-21H2,1-3H3,(H,25,29);(H,3,4)(H,5,6). The van der Waals surface area contributed by atoms with E-state index in [-0.39, 0.29) is 23.2 Å². The van der Waals surface area contributed by atoms with Gasteiger partial charge in [0.25, 0.3) is 0 Å². The van der Waals surface area contributed by atoms with E-state index in [1.165, 1.54) is 0 Å². The van der Waals surface area contributed by atoms with Crippen molar-refractivity contribution in [2.24, 2.45) is 0 Å². The molecular formula is C26H38N4O7S. The molecule has 0 atom stereocenters. The van der Waals surface area contributed by atoms with Crippen molar-refractivity contribution in [1.82, 2.24) is 15.1 Å². The van der Waals surface area contributed by atoms with Crippen LogP contribution in [0.15, 0.2) is 65.6 Å². The van der Waals surface area contributed by atoms with Gasteiger partial charge in [-0.2, -0.15) is 0 Å². The minimum atomic E-state index is -3.46. The molecule has 11 nitrogen and oxygen atoms in total. The second-order valence-corrected chi connectivity index (χ2v) is 10.4. The zero-order chi connectivity index (χ0) is 28.6. The lowest BCUT2D eigenvalue weighted by atomic mass is 10.3. The summed E-state index contributed by atoms with van der Waals surface area (Å²) in [5, 5.41) is 17.7. The molecule has 3 N–H and O–H groups in total. The highest BCUT2D eigenvalue weighted by Gasteiger charge is 2.20. The maximum atomic E-state index is 12.9. The summed E-state index contributed by atoms with van der Waals surface area (Å²) >= 11 is 0. The summed E-state index contributed by atoms with van der Waals surface area (Å²) in [4.78, 5) is 37.3. The van der Waals surface area contributed by atoms with Crippen LogP contribution in [0.4, 0.5) is 10.5 Å². The number of urea groups is 1. The highest BCUT2D eigenvalue weighted by atomic mass is 32.2. The Morgan fingerprint density at radius 2 is 1.32 bits per heavy atom. The van der Waals surface area contributed by atoms with Crippen molar-refractivity contribution in [3.63, 3.8) is 0 Å². The van der Waals surface area contributed by atoms with E-state index >= 15 is 0 Å². The van der Waals surface area contributed by atoms with Crippen molar-refractivity contribution in [2.45, 2.75) is 18.7 Å². The minimum Gasteiger partial charge on any atom is -0.473 e. The third-order valence-electron chi connectivity index (χ3n) is 5.70. The Hall–Kier alpha value is -3.64. The van der Waals surface area contributed by atoms with Gasteiger partial charge in [-0.25, -0.2) is 22.8 Å². The highest BCUT2D eigenvalue weighted by molar-refractivity contribution is 7.91. The SMILES string of the molecule is CCN(CC)CCNC(=O)N(CCN(C)c1ccccc1)CCS(=O)(=O)c1ccccc1.O=C(O)C(=O)O. The molecule has 0 heterocycles. The first-order valence-corrected chi connectivity index (χ1v) is 13.9. The number of aliphatic carboxylic acids is 2. The second kappa shape index (κ2) is 17.0. The molecule has 38 heavy (non-hydrogen) atoms. The van der Waals surface area contributed by atoms with Crippen molar-refractivity contribution in [1.29, 1.82) is 0 Å². The lowest BCUT2D eigenvalue weighted by Gasteiger charge is -2.27. The van der Waals surface area contributed by atoms with Gasteiger partial charge in [0.15, 0.2) is 9.84 Å². The number of carboxylic acid groups (broad SMARTS) is 2. The molecule has 0 radical (unpaired) electrons. The third kappa shape index (κ3) is 12.1. The summed E-state index contributed by atoms with van der Waals surface area (Å²) in [5.41, 5.74) is 1.05. The Balaban J connectivity index is 0.00000107. The number of carbonyl (C=O) groups excluding carboxylic acids is 1. The maximum absolute atomic E-state index is 12.9. The Labute approximate surface area is 224 Å². The van der Waals surface area contributed by atoms with E-state index in [1.54, 1.807) is 35.2 Å². The number of hydrogen-bond acceptors (Lipinski definition) is 7. The van der Waals surface area contributed by atoms with Crippen LogP contribution < -0.4 is 10.2 Å². The van der Waals surface area contributed by atoms with Crippen LogP contribution in [0, 0.1) is 0 Å². The highest BCUT2D eigenvalue weighted by Crippen LogP contribution is 2.12. The first kappa shape index (κ1) is 32.4. The van der Waals surface area contributed by atoms with Gasteiger partial charge in [-0.1, -0.05) is 50.2 Å². The molecule has 2 aromatic rings. The Morgan fingerprint density at radius 3 is 1.82 bits per heavy atom. The van der Waals surface area contributed by atoms with Gasteiger partial charge < -0.3 is 30.2 Å². The summed E-state index contributed by atoms with van der Waals surface area (Å²) < 4.78 is 25.4. The van der Waals surface area contributed by atoms with E-state index in [0.29, 0.717) is 19.6 Å². The van der Waals surface area contributed by atoms with Crippen molar-refractivity contribution < 1.29 is 33.0 Å². The summed E-state index contributed by atoms with van der Waals surface area (Å²) in [6, 6.07) is 18.1. The van der Waals surface area contributed by atoms with Gasteiger partial charge >= 0.3 is 18.0 Å². The lowest BCUT2D eigenvalue weighted by molar-refractivity contribution is -0.159. The third-order valence-corrected chi connectivity index (χ3v) is 7.41. The van der Waals surface area contributed by atoms with Crippen LogP contribution >= 0.6 is 0 Å². The quantitative estimate of drug-likeness (QED) is 0.319. The van der Waals surface area contributed by atoms with Crippen LogP contribution in [0.1, 0.15) is 13.8 Å². The van der Waals surface area contributed by atoms with Crippen molar-refractivity contribution in [2.75, 3.05) is 63.5 Å². The number of sulfone groups is 1. The molecule has 0 aliphatic heterocycles. The van der Waals surface area contributed by atoms with Crippen LogP contribution in [0.5, 0.6) is 0 Å². The van der Waals surface area contributed by atoms with E-state index in [2.05, 4.69) is 29.0 Å². The number of nitrogens with one attached hydrogen (secondary N) is 1. The summed E-state index contributed by atoms with van der Waals surface area (Å²) in [6.45, 7) is 8.47. The van der Waals surface area contributed by atoms with E-state index < -0.39 is 21.8 Å². The lowest BCUT2D eigenvalue weighted by Crippen LogP contribution is -2.47. The topological polar surface area (TPSA) is 148 Å². The number of likely N-dealkylation sites (N-methyl/N-ethyl adjacent to an activating group) is 2. The molecule has 0 aliphatic carbocycles. The van der Waals surface area contributed by atoms with Crippen molar-refractivity contribution in [3.05, 3.63) is 60.7 Å². The molecule has 12 heteroatoms. The van der Waals surface area contributed by atoms with Gasteiger partial charge in [0.05, 0.1) is 10.6 Å². The Bertz CT molecular complexity index is 1080. The zero-order valence-corrected chi connectivity index (χ0v) is 22.9. The molecule has 2 amide bonds. The fraction of sp³-hybridized carbons (Fsp3) is 0.423. The molecule has 0 aromatic heterocycles. The van der Waals surface area contributed by atoms with Crippen LogP contribution in [0.3, 0.4) is 0 Å². The maximum Gasteiger partial charge on any atom is 0.414 e. The minimum absolute atomic E-state index is 0.116. The summed E-state index contributed by atoms with van der Waals surface area (Å²) in [5.74, 6) is -3.76. The molecular weight excluding hydrogens is 512 g/mol. The number of hydrogen-bond donors (Lipinski definition) is 3. The number of carbonyl (C=O) groups is 3. The van der Waals surface area contributed by atoms with Gasteiger partial charge in [-0.05, 0) is 37.4 Å². The summed E-state index contributed by atoms with van der Waals surface area (Å²) in [6.07, 6.45) is 0. The largest absolute Gasteiger partial charge is 0.473 e. The number of carboxylic acids is 2. The van der Waals surface area contributed by atoms with Crippen LogP contribution in [0.2, 0.25) is 0 Å². The van der Waals surface area contributed by atoms with E-state index in [1.807, 2.05) is 37.4 Å². The average molecular weight is 551 g/mol. The Morgan fingerprint density at radius 1 is 0.789 bits per heavy atom. The number of anilines is 1. The monoisotopic (exact) mass is 550 g/mol. The van der Waals surface area contributed by atoms with Crippen molar-refractivity contribution >= 4 is 33.5 Å². The van der Waals surface area contributed by atoms with Crippen LogP contribution in [-0.2, 0) is 19.4 Å². The molecule has 0 spiro atoms. The number of para-hydroxylation sites is 1. The molecule has 0 aliphatic rings. The number of amides is 2. The predicted molar refractivity (Wildman–Crippen MR) is 146 cm³/mol. The summed E-state index contributed by atoms with van der Waals surface area (Å²) in [7, 11) is -1.50. The fourth-order valence-electron chi connectivity index (χ4n) is 3.35. The predicted octanol–water partition coefficient (Wildman–Crippen LogP) is 2.11. The van der Waals surface area contributed by atoms with E-state index in [9.17, 15) is 13.2 Å². The van der Waals surface area contributed by atoms with Crippen molar-refractivity contribution in [3.8, 4) is 0 Å². The number of benzene rings is 2. The second-order valence-electron chi connectivity index (χ2n) is 8.25. The van der Waals surface area contributed by atoms with Gasteiger partial charge in [-0.3, -0.25) is 0 Å². The van der Waals surface area contributed by atoms with E-state index in [0.717, 1.165) is 25.3 Å². The normalized spacial score (nSPS) is 10.7. The molecule has 2 aromatic carbocycles. The molecule has 0 unspecified atom stereocenters. The molecule has 0 fully saturated rings. The zero-order valence-electron chi connectivity index (χ0n) is 22.1. The van der Waals surface area contributed by atoms with Crippen LogP contribution in [0.25, 0.3) is 0 Å². The number of rotatable bonds is 13. The molecule has 210 valence electrons. The molecule has 2 rings (SSSR count). The van der Waals surface area contributed by atoms with Gasteiger partial charge in [0.1, 0.15) is 0 Å². The van der Waals surface area contributed by atoms with Gasteiger partial charge in [-0.15, -0.1) is 0 Å². The molecule has 0 saturated carbocycles. The van der Waals surface area contributed by atoms with E-state index in [4.69, 9.17) is 19.8 Å².